The normalized spacial score (nSPS) is 22.9. The molecule has 2 rings (SSSR count). The number of rotatable bonds is 3. The largest absolute Gasteiger partial charge is 0.465 e. The number of amides is 1. The van der Waals surface area contributed by atoms with Gasteiger partial charge in [0.15, 0.2) is 0 Å². The van der Waals surface area contributed by atoms with Crippen molar-refractivity contribution in [3.8, 4) is 0 Å². The van der Waals surface area contributed by atoms with E-state index in [-0.39, 0.29) is 5.41 Å². The minimum atomic E-state index is -0.819. The summed E-state index contributed by atoms with van der Waals surface area (Å²) in [5.41, 5.74) is 1.83. The monoisotopic (exact) mass is 319 g/mol. The van der Waals surface area contributed by atoms with Gasteiger partial charge in [0, 0.05) is 38.9 Å². The van der Waals surface area contributed by atoms with Gasteiger partial charge in [-0.3, -0.25) is 9.80 Å². The average molecular weight is 319 g/mol. The zero-order chi connectivity index (χ0) is 17.3. The van der Waals surface area contributed by atoms with E-state index in [2.05, 4.69) is 62.2 Å². The Morgan fingerprint density at radius 1 is 1.26 bits per heavy atom. The third-order valence-corrected chi connectivity index (χ3v) is 5.26. The Morgan fingerprint density at radius 2 is 1.87 bits per heavy atom. The molecule has 23 heavy (non-hydrogen) atoms. The molecular weight excluding hydrogens is 290 g/mol. The summed E-state index contributed by atoms with van der Waals surface area (Å²) in [7, 11) is 1.91. The van der Waals surface area contributed by atoms with E-state index >= 15 is 0 Å². The lowest BCUT2D eigenvalue weighted by Crippen LogP contribution is -2.67. The van der Waals surface area contributed by atoms with Gasteiger partial charge in [0.25, 0.3) is 0 Å². The molecule has 0 saturated carbocycles. The smallest absolute Gasteiger partial charge is 0.407 e. The van der Waals surface area contributed by atoms with Crippen LogP contribution >= 0.6 is 0 Å². The van der Waals surface area contributed by atoms with Crippen LogP contribution in [0.2, 0.25) is 0 Å². The minimum Gasteiger partial charge on any atom is -0.465 e. The van der Waals surface area contributed by atoms with Crippen LogP contribution in [-0.4, -0.2) is 53.2 Å². The topological polar surface area (TPSA) is 55.8 Å². The summed E-state index contributed by atoms with van der Waals surface area (Å²) in [6.45, 7) is 11.3. The van der Waals surface area contributed by atoms with Crippen LogP contribution in [0.1, 0.15) is 33.3 Å². The molecule has 1 heterocycles. The van der Waals surface area contributed by atoms with E-state index in [1.54, 1.807) is 4.90 Å². The lowest BCUT2D eigenvalue weighted by Gasteiger charge is -2.54. The predicted molar refractivity (Wildman–Crippen MR) is 93.9 cm³/mol. The molecule has 1 aromatic carbocycles. The fourth-order valence-corrected chi connectivity index (χ4v) is 3.21. The fraction of sp³-hybridized carbons (Fsp3) is 0.611. The van der Waals surface area contributed by atoms with Crippen LogP contribution in [0.25, 0.3) is 0 Å². The van der Waals surface area contributed by atoms with Crippen LogP contribution in [0.3, 0.4) is 0 Å². The van der Waals surface area contributed by atoms with Crippen LogP contribution in [0.5, 0.6) is 0 Å². The third kappa shape index (κ3) is 3.61. The summed E-state index contributed by atoms with van der Waals surface area (Å²) in [4.78, 5) is 15.6. The van der Waals surface area contributed by atoms with Crippen molar-refractivity contribution in [3.05, 3.63) is 29.8 Å². The van der Waals surface area contributed by atoms with Gasteiger partial charge >= 0.3 is 6.09 Å². The molecule has 0 radical (unpaired) electrons. The Balaban J connectivity index is 2.15. The van der Waals surface area contributed by atoms with Gasteiger partial charge in [-0.25, -0.2) is 4.79 Å². The predicted octanol–water partition coefficient (Wildman–Crippen LogP) is 3.33. The maximum absolute atomic E-state index is 11.7. The number of carboxylic acid groups (broad SMARTS) is 1. The molecule has 0 bridgehead atoms. The summed E-state index contributed by atoms with van der Waals surface area (Å²) < 4.78 is 0. The molecule has 0 unspecified atom stereocenters. The zero-order valence-electron chi connectivity index (χ0n) is 14.9. The molecule has 2 N–H and O–H groups in total. The molecular formula is C18H29N3O2. The molecule has 1 amide bonds. The summed E-state index contributed by atoms with van der Waals surface area (Å²) in [5, 5.41) is 12.7. The number of hydrogen-bond acceptors (Lipinski definition) is 3. The second-order valence-corrected chi connectivity index (χ2v) is 7.62. The third-order valence-electron chi connectivity index (χ3n) is 5.26. The van der Waals surface area contributed by atoms with Crippen LogP contribution in [0, 0.1) is 5.41 Å². The van der Waals surface area contributed by atoms with E-state index < -0.39 is 11.6 Å². The van der Waals surface area contributed by atoms with Crippen molar-refractivity contribution in [2.45, 2.75) is 39.8 Å². The highest BCUT2D eigenvalue weighted by Gasteiger charge is 2.48. The molecule has 128 valence electrons. The highest BCUT2D eigenvalue weighted by atomic mass is 16.4. The van der Waals surface area contributed by atoms with E-state index in [0.29, 0.717) is 6.54 Å². The van der Waals surface area contributed by atoms with Gasteiger partial charge in [0.1, 0.15) is 0 Å². The van der Waals surface area contributed by atoms with Gasteiger partial charge in [0.05, 0.1) is 5.54 Å². The van der Waals surface area contributed by atoms with Crippen LogP contribution in [-0.2, 0) is 6.54 Å². The van der Waals surface area contributed by atoms with Crippen molar-refractivity contribution in [2.24, 2.45) is 5.41 Å². The van der Waals surface area contributed by atoms with Crippen molar-refractivity contribution in [3.63, 3.8) is 0 Å². The molecule has 5 nitrogen and oxygen atoms in total. The quantitative estimate of drug-likeness (QED) is 0.897. The van der Waals surface area contributed by atoms with E-state index in [9.17, 15) is 9.90 Å². The molecule has 1 saturated heterocycles. The maximum Gasteiger partial charge on any atom is 0.407 e. The van der Waals surface area contributed by atoms with Crippen molar-refractivity contribution < 1.29 is 9.90 Å². The molecule has 1 aromatic rings. The zero-order valence-corrected chi connectivity index (χ0v) is 14.9. The average Bonchev–Trinajstić information content (AvgIpc) is 2.46. The summed E-state index contributed by atoms with van der Waals surface area (Å²) in [6, 6.07) is 8.41. The Morgan fingerprint density at radius 3 is 2.35 bits per heavy atom. The van der Waals surface area contributed by atoms with Crippen molar-refractivity contribution in [1.82, 2.24) is 9.80 Å². The summed E-state index contributed by atoms with van der Waals surface area (Å²) in [6.07, 6.45) is -0.819. The first-order valence-corrected chi connectivity index (χ1v) is 8.17. The maximum atomic E-state index is 11.7. The van der Waals surface area contributed by atoms with E-state index in [0.717, 1.165) is 25.3 Å². The first kappa shape index (κ1) is 17.6. The highest BCUT2D eigenvalue weighted by molar-refractivity contribution is 5.66. The Hall–Kier alpha value is -1.75. The van der Waals surface area contributed by atoms with Crippen LogP contribution in [0.4, 0.5) is 10.5 Å². The van der Waals surface area contributed by atoms with Crippen LogP contribution < -0.4 is 5.32 Å². The van der Waals surface area contributed by atoms with E-state index in [1.165, 1.54) is 5.56 Å². The molecule has 1 aliphatic rings. The SMILES string of the molecule is CNc1ccc(CN2CCN(C(=O)O)[C@@](C)(C(C)(C)C)C2)cc1. The molecule has 5 heteroatoms. The van der Waals surface area contributed by atoms with Crippen molar-refractivity contribution in [1.29, 1.82) is 0 Å². The number of carbonyl (C=O) groups is 1. The number of piperazine rings is 1. The Labute approximate surface area is 139 Å². The first-order valence-electron chi connectivity index (χ1n) is 8.17. The number of nitrogens with one attached hydrogen (secondary N) is 1. The van der Waals surface area contributed by atoms with Crippen molar-refractivity contribution >= 4 is 11.8 Å². The molecule has 1 atom stereocenters. The van der Waals surface area contributed by atoms with Gasteiger partial charge in [0.2, 0.25) is 0 Å². The van der Waals surface area contributed by atoms with Crippen molar-refractivity contribution in [2.75, 3.05) is 32.0 Å². The molecule has 0 aliphatic carbocycles. The first-order chi connectivity index (χ1) is 10.7. The lowest BCUT2D eigenvalue weighted by atomic mass is 9.72. The lowest BCUT2D eigenvalue weighted by molar-refractivity contribution is -0.0461. The van der Waals surface area contributed by atoms with Gasteiger partial charge < -0.3 is 10.4 Å². The number of hydrogen-bond donors (Lipinski definition) is 2. The Bertz CT molecular complexity index is 550. The highest BCUT2D eigenvalue weighted by Crippen LogP contribution is 2.38. The van der Waals surface area contributed by atoms with Gasteiger partial charge in [-0.05, 0) is 30.0 Å². The van der Waals surface area contributed by atoms with E-state index in [4.69, 9.17) is 0 Å². The molecule has 1 aliphatic heterocycles. The van der Waals surface area contributed by atoms with Gasteiger partial charge in [-0.1, -0.05) is 32.9 Å². The molecule has 0 aromatic heterocycles. The number of nitrogens with zero attached hydrogens (tertiary/aromatic N) is 2. The molecule has 0 spiro atoms. The fourth-order valence-electron chi connectivity index (χ4n) is 3.21. The summed E-state index contributed by atoms with van der Waals surface area (Å²) in [5.74, 6) is 0. The standard InChI is InChI=1S/C18H29N3O2/c1-17(2,3)18(4)13-20(10-11-21(18)16(22)23)12-14-6-8-15(19-5)9-7-14/h6-9,19H,10-13H2,1-5H3,(H,22,23)/t18-/m1/s1. The number of anilines is 1. The van der Waals surface area contributed by atoms with Gasteiger partial charge in [-0.2, -0.15) is 0 Å². The Kier molecular flexibility index (Phi) is 4.90. The minimum absolute atomic E-state index is 0.125. The second kappa shape index (κ2) is 6.40. The second-order valence-electron chi connectivity index (χ2n) is 7.62. The summed E-state index contributed by atoms with van der Waals surface area (Å²) >= 11 is 0. The van der Waals surface area contributed by atoms with E-state index in [1.807, 2.05) is 7.05 Å². The number of benzene rings is 1. The molecule has 1 fully saturated rings. The van der Waals surface area contributed by atoms with Gasteiger partial charge in [-0.15, -0.1) is 0 Å². The van der Waals surface area contributed by atoms with Crippen LogP contribution in [0.15, 0.2) is 24.3 Å².